The highest BCUT2D eigenvalue weighted by Gasteiger charge is 2.34. The van der Waals surface area contributed by atoms with Crippen LogP contribution in [0.2, 0.25) is 0 Å². The van der Waals surface area contributed by atoms with Crippen LogP contribution in [0.5, 0.6) is 5.75 Å². The highest BCUT2D eigenvalue weighted by molar-refractivity contribution is 5.92. The topological polar surface area (TPSA) is 67.2 Å². The molecular formula is C17H20F3N3O2. The van der Waals surface area contributed by atoms with Gasteiger partial charge in [-0.2, -0.15) is 18.3 Å². The van der Waals surface area contributed by atoms with E-state index in [0.717, 1.165) is 29.1 Å². The number of rotatable bonds is 4. The van der Waals surface area contributed by atoms with Gasteiger partial charge >= 0.3 is 6.18 Å². The number of benzene rings is 1. The molecule has 25 heavy (non-hydrogen) atoms. The molecule has 0 bridgehead atoms. The summed E-state index contributed by atoms with van der Waals surface area (Å²) in [7, 11) is 1.81. The van der Waals surface area contributed by atoms with E-state index in [4.69, 9.17) is 0 Å². The van der Waals surface area contributed by atoms with Gasteiger partial charge in [0.25, 0.3) is 0 Å². The molecule has 2 rings (SSSR count). The van der Waals surface area contributed by atoms with Gasteiger partial charge in [-0.1, -0.05) is 6.92 Å². The van der Waals surface area contributed by atoms with Gasteiger partial charge in [-0.3, -0.25) is 9.48 Å². The lowest BCUT2D eigenvalue weighted by Crippen LogP contribution is -2.23. The SMILES string of the molecule is Cc1nn(C)c(C)c1C[C@@H](C)C(=O)Nc1ccc(O)c(C(F)(F)F)c1. The third-order valence-corrected chi connectivity index (χ3v) is 4.19. The largest absolute Gasteiger partial charge is 0.507 e. The summed E-state index contributed by atoms with van der Waals surface area (Å²) in [6.07, 6.45) is -4.26. The van der Waals surface area contributed by atoms with Crippen LogP contribution in [0.1, 0.15) is 29.4 Å². The third kappa shape index (κ3) is 4.12. The molecule has 2 N–H and O–H groups in total. The van der Waals surface area contributed by atoms with Gasteiger partial charge in [0.05, 0.1) is 11.3 Å². The van der Waals surface area contributed by atoms with Crippen molar-refractivity contribution in [1.82, 2.24) is 9.78 Å². The Morgan fingerprint density at radius 2 is 2.00 bits per heavy atom. The minimum atomic E-state index is -4.69. The summed E-state index contributed by atoms with van der Waals surface area (Å²) in [4.78, 5) is 12.3. The maximum absolute atomic E-state index is 12.8. The van der Waals surface area contributed by atoms with Crippen LogP contribution in [0.3, 0.4) is 0 Å². The Hall–Kier alpha value is -2.51. The Balaban J connectivity index is 2.14. The molecule has 1 aromatic carbocycles. The number of nitrogens with zero attached hydrogens (tertiary/aromatic N) is 2. The molecule has 0 radical (unpaired) electrons. The van der Waals surface area contributed by atoms with Crippen molar-refractivity contribution < 1.29 is 23.1 Å². The first-order valence-electron chi connectivity index (χ1n) is 7.70. The maximum atomic E-state index is 12.8. The second-order valence-electron chi connectivity index (χ2n) is 6.10. The van der Waals surface area contributed by atoms with Crippen LogP contribution in [0.4, 0.5) is 18.9 Å². The molecule has 136 valence electrons. The first kappa shape index (κ1) is 18.8. The second kappa shape index (κ2) is 6.78. The van der Waals surface area contributed by atoms with E-state index in [9.17, 15) is 23.1 Å². The number of carbonyl (C=O) groups excluding carboxylic acids is 1. The number of amides is 1. The summed E-state index contributed by atoms with van der Waals surface area (Å²) in [5.74, 6) is -1.73. The average Bonchev–Trinajstić information content (AvgIpc) is 2.74. The molecule has 0 aliphatic carbocycles. The molecule has 5 nitrogen and oxygen atoms in total. The monoisotopic (exact) mass is 355 g/mol. The number of alkyl halides is 3. The Bertz CT molecular complexity index is 797. The molecule has 2 aromatic rings. The molecule has 0 spiro atoms. The molecule has 1 atom stereocenters. The first-order chi connectivity index (χ1) is 11.5. The van der Waals surface area contributed by atoms with Gasteiger partial charge in [0.15, 0.2) is 0 Å². The van der Waals surface area contributed by atoms with Gasteiger partial charge in [-0.15, -0.1) is 0 Å². The fourth-order valence-electron chi connectivity index (χ4n) is 2.62. The highest BCUT2D eigenvalue weighted by Crippen LogP contribution is 2.37. The van der Waals surface area contributed by atoms with Crippen molar-refractivity contribution in [1.29, 1.82) is 0 Å². The standard InChI is InChI=1S/C17H20F3N3O2/c1-9(7-13-10(2)22-23(4)11(13)3)16(25)21-12-5-6-15(24)14(8-12)17(18,19)20/h5-6,8-9,24H,7H2,1-4H3,(H,21,25)/t9-/m1/s1. The lowest BCUT2D eigenvalue weighted by atomic mass is 9.98. The van der Waals surface area contributed by atoms with Gasteiger partial charge in [0.2, 0.25) is 5.91 Å². The molecule has 0 aliphatic rings. The van der Waals surface area contributed by atoms with Crippen LogP contribution < -0.4 is 5.32 Å². The van der Waals surface area contributed by atoms with Gasteiger partial charge in [0.1, 0.15) is 5.75 Å². The Kier molecular flexibility index (Phi) is 5.10. The number of aryl methyl sites for hydroxylation is 2. The molecule has 8 heteroatoms. The quantitative estimate of drug-likeness (QED) is 0.824. The van der Waals surface area contributed by atoms with Crippen LogP contribution in [-0.2, 0) is 24.4 Å². The van der Waals surface area contributed by atoms with Crippen molar-refractivity contribution in [3.63, 3.8) is 0 Å². The minimum Gasteiger partial charge on any atom is -0.507 e. The Labute approximate surface area is 143 Å². The molecule has 0 saturated heterocycles. The number of hydrogen-bond donors (Lipinski definition) is 2. The van der Waals surface area contributed by atoms with Crippen molar-refractivity contribution in [3.8, 4) is 5.75 Å². The summed E-state index contributed by atoms with van der Waals surface area (Å²) in [6.45, 7) is 5.45. The fraction of sp³-hybridized carbons (Fsp3) is 0.412. The second-order valence-corrected chi connectivity index (χ2v) is 6.10. The molecule has 0 aliphatic heterocycles. The van der Waals surface area contributed by atoms with Gasteiger partial charge < -0.3 is 10.4 Å². The number of anilines is 1. The lowest BCUT2D eigenvalue weighted by molar-refractivity contribution is -0.138. The maximum Gasteiger partial charge on any atom is 0.420 e. The van der Waals surface area contributed by atoms with Crippen LogP contribution >= 0.6 is 0 Å². The number of aromatic hydroxyl groups is 1. The molecule has 0 unspecified atom stereocenters. The van der Waals surface area contributed by atoms with Crippen molar-refractivity contribution >= 4 is 11.6 Å². The van der Waals surface area contributed by atoms with Gasteiger partial charge in [-0.25, -0.2) is 0 Å². The first-order valence-corrected chi connectivity index (χ1v) is 7.70. The van der Waals surface area contributed by atoms with Crippen molar-refractivity contribution in [2.24, 2.45) is 13.0 Å². The summed E-state index contributed by atoms with van der Waals surface area (Å²) in [5.41, 5.74) is 1.52. The van der Waals surface area contributed by atoms with Crippen LogP contribution in [0.25, 0.3) is 0 Å². The van der Waals surface area contributed by atoms with E-state index in [-0.39, 0.29) is 5.69 Å². The van der Waals surface area contributed by atoms with E-state index in [0.29, 0.717) is 6.42 Å². The number of phenols is 1. The molecule has 0 fully saturated rings. The number of carbonyl (C=O) groups is 1. The number of halogens is 3. The predicted octanol–water partition coefficient (Wildman–Crippen LogP) is 3.58. The molecule has 1 heterocycles. The number of nitrogens with one attached hydrogen (secondary N) is 1. The molecule has 1 aromatic heterocycles. The summed E-state index contributed by atoms with van der Waals surface area (Å²) >= 11 is 0. The van der Waals surface area contributed by atoms with Crippen LogP contribution in [-0.4, -0.2) is 20.8 Å². The summed E-state index contributed by atoms with van der Waals surface area (Å²) in [5, 5.41) is 16.1. The normalized spacial score (nSPS) is 12.9. The van der Waals surface area contributed by atoms with E-state index in [1.54, 1.807) is 11.6 Å². The van der Waals surface area contributed by atoms with E-state index >= 15 is 0 Å². The number of phenolic OH excluding ortho intramolecular Hbond substituents is 1. The van der Waals surface area contributed by atoms with Crippen molar-refractivity contribution in [2.45, 2.75) is 33.4 Å². The average molecular weight is 355 g/mol. The van der Waals surface area contributed by atoms with E-state index in [1.165, 1.54) is 6.07 Å². The van der Waals surface area contributed by atoms with E-state index in [1.807, 2.05) is 20.9 Å². The van der Waals surface area contributed by atoms with E-state index < -0.39 is 29.3 Å². The Morgan fingerprint density at radius 3 is 2.52 bits per heavy atom. The van der Waals surface area contributed by atoms with Gasteiger partial charge in [-0.05, 0) is 44.0 Å². The molecular weight excluding hydrogens is 335 g/mol. The predicted molar refractivity (Wildman–Crippen MR) is 87.3 cm³/mol. The number of aromatic nitrogens is 2. The van der Waals surface area contributed by atoms with Crippen LogP contribution in [0.15, 0.2) is 18.2 Å². The highest BCUT2D eigenvalue weighted by atomic mass is 19.4. The van der Waals surface area contributed by atoms with Gasteiger partial charge in [0, 0.05) is 24.3 Å². The van der Waals surface area contributed by atoms with Crippen molar-refractivity contribution in [2.75, 3.05) is 5.32 Å². The number of hydrogen-bond acceptors (Lipinski definition) is 3. The molecule has 1 amide bonds. The van der Waals surface area contributed by atoms with Crippen LogP contribution in [0, 0.1) is 19.8 Å². The van der Waals surface area contributed by atoms with E-state index in [2.05, 4.69) is 10.4 Å². The fourth-order valence-corrected chi connectivity index (χ4v) is 2.62. The minimum absolute atomic E-state index is 0.0124. The zero-order valence-electron chi connectivity index (χ0n) is 14.4. The third-order valence-electron chi connectivity index (χ3n) is 4.19. The Morgan fingerprint density at radius 1 is 1.36 bits per heavy atom. The smallest absolute Gasteiger partial charge is 0.420 e. The zero-order valence-corrected chi connectivity index (χ0v) is 14.4. The molecule has 0 saturated carbocycles. The summed E-state index contributed by atoms with van der Waals surface area (Å²) < 4.78 is 40.2. The van der Waals surface area contributed by atoms with Crippen molar-refractivity contribution in [3.05, 3.63) is 40.7 Å². The zero-order chi connectivity index (χ0) is 18.9. The lowest BCUT2D eigenvalue weighted by Gasteiger charge is -2.15. The summed E-state index contributed by atoms with van der Waals surface area (Å²) in [6, 6.07) is 2.87.